The summed E-state index contributed by atoms with van der Waals surface area (Å²) in [6, 6.07) is 3.70. The Bertz CT molecular complexity index is 851. The number of ether oxygens (including phenoxy) is 1. The largest absolute Gasteiger partial charge is 0.504 e. The summed E-state index contributed by atoms with van der Waals surface area (Å²) in [5, 5.41) is 15.7. The van der Waals surface area contributed by atoms with Gasteiger partial charge >= 0.3 is 12.1 Å². The first-order valence-corrected chi connectivity index (χ1v) is 8.49. The second kappa shape index (κ2) is 6.91. The predicted octanol–water partition coefficient (Wildman–Crippen LogP) is 4.08. The number of carbonyl (C=O) groups is 1. The number of nitrogens with zero attached hydrogens (tertiary/aromatic N) is 2. The summed E-state index contributed by atoms with van der Waals surface area (Å²) < 4.78 is 69.0. The van der Waals surface area contributed by atoms with E-state index in [1.165, 1.54) is 18.2 Å². The number of aromatic nitrogens is 2. The van der Waals surface area contributed by atoms with Crippen molar-refractivity contribution < 1.29 is 36.6 Å². The van der Waals surface area contributed by atoms with Gasteiger partial charge in [-0.2, -0.15) is 22.0 Å². The number of hydrogen-bond acceptors (Lipinski definition) is 6. The third-order valence-corrected chi connectivity index (χ3v) is 4.75. The zero-order valence-corrected chi connectivity index (χ0v) is 14.2. The SMILES string of the molecule is O=C(Nc1nnc(C(F)(F)C(F)(F)F)s1)c1ccc(O)c(OC2CCC2)c1. The zero-order chi connectivity index (χ0) is 19.8. The molecular formula is C15H12F5N3O3S. The van der Waals surface area contributed by atoms with E-state index in [0.29, 0.717) is 0 Å². The van der Waals surface area contributed by atoms with Crippen molar-refractivity contribution in [2.75, 3.05) is 5.32 Å². The number of carbonyl (C=O) groups excluding carboxylic acids is 1. The van der Waals surface area contributed by atoms with Gasteiger partial charge in [-0.3, -0.25) is 10.1 Å². The Kier molecular flexibility index (Phi) is 4.93. The fourth-order valence-electron chi connectivity index (χ4n) is 2.11. The van der Waals surface area contributed by atoms with Crippen molar-refractivity contribution in [3.63, 3.8) is 0 Å². The van der Waals surface area contributed by atoms with Gasteiger partial charge in [0.25, 0.3) is 5.91 Å². The Labute approximate surface area is 153 Å². The summed E-state index contributed by atoms with van der Waals surface area (Å²) in [6.45, 7) is 0. The molecule has 6 nitrogen and oxygen atoms in total. The van der Waals surface area contributed by atoms with Crippen LogP contribution in [0.3, 0.4) is 0 Å². The van der Waals surface area contributed by atoms with Crippen LogP contribution in [0.5, 0.6) is 11.5 Å². The Morgan fingerprint density at radius 1 is 1.22 bits per heavy atom. The summed E-state index contributed by atoms with van der Waals surface area (Å²) in [5.74, 6) is -6.10. The van der Waals surface area contributed by atoms with E-state index in [0.717, 1.165) is 19.3 Å². The predicted molar refractivity (Wildman–Crippen MR) is 84.2 cm³/mol. The van der Waals surface area contributed by atoms with E-state index < -0.39 is 28.1 Å². The third-order valence-electron chi connectivity index (χ3n) is 3.84. The van der Waals surface area contributed by atoms with Crippen molar-refractivity contribution in [3.8, 4) is 11.5 Å². The van der Waals surface area contributed by atoms with Gasteiger partial charge in [0, 0.05) is 5.56 Å². The molecule has 1 aliphatic carbocycles. The number of nitrogens with one attached hydrogen (secondary N) is 1. The topological polar surface area (TPSA) is 84.3 Å². The van der Waals surface area contributed by atoms with Gasteiger partial charge in [0.15, 0.2) is 16.5 Å². The van der Waals surface area contributed by atoms with E-state index in [1.54, 1.807) is 0 Å². The highest BCUT2D eigenvalue weighted by molar-refractivity contribution is 7.15. The number of halogens is 5. The Hall–Kier alpha value is -2.50. The van der Waals surface area contributed by atoms with Gasteiger partial charge in [0.1, 0.15) is 0 Å². The van der Waals surface area contributed by atoms with Crippen LogP contribution in [-0.2, 0) is 5.92 Å². The van der Waals surface area contributed by atoms with Crippen molar-refractivity contribution >= 4 is 22.4 Å². The maximum Gasteiger partial charge on any atom is 0.460 e. The highest BCUT2D eigenvalue weighted by Gasteiger charge is 2.61. The number of aromatic hydroxyl groups is 1. The molecule has 0 spiro atoms. The molecular weight excluding hydrogens is 397 g/mol. The first-order valence-electron chi connectivity index (χ1n) is 7.67. The molecule has 1 aromatic carbocycles. The molecule has 146 valence electrons. The number of amides is 1. The van der Waals surface area contributed by atoms with Crippen LogP contribution in [-0.4, -0.2) is 33.5 Å². The Balaban J connectivity index is 1.73. The summed E-state index contributed by atoms with van der Waals surface area (Å²) >= 11 is -0.0844. The van der Waals surface area contributed by atoms with E-state index in [2.05, 4.69) is 15.5 Å². The second-order valence-electron chi connectivity index (χ2n) is 5.79. The van der Waals surface area contributed by atoms with Crippen molar-refractivity contribution in [2.24, 2.45) is 0 Å². The van der Waals surface area contributed by atoms with Crippen LogP contribution in [0.2, 0.25) is 0 Å². The van der Waals surface area contributed by atoms with Crippen molar-refractivity contribution in [3.05, 3.63) is 28.8 Å². The molecule has 0 atom stereocenters. The van der Waals surface area contributed by atoms with Crippen LogP contribution < -0.4 is 10.1 Å². The fraction of sp³-hybridized carbons (Fsp3) is 0.400. The van der Waals surface area contributed by atoms with Crippen LogP contribution in [0.15, 0.2) is 18.2 Å². The van der Waals surface area contributed by atoms with E-state index in [1.807, 2.05) is 0 Å². The number of alkyl halides is 5. The highest BCUT2D eigenvalue weighted by Crippen LogP contribution is 2.45. The van der Waals surface area contributed by atoms with Gasteiger partial charge in [-0.15, -0.1) is 10.2 Å². The lowest BCUT2D eigenvalue weighted by molar-refractivity contribution is -0.289. The van der Waals surface area contributed by atoms with Gasteiger partial charge in [-0.1, -0.05) is 11.3 Å². The quantitative estimate of drug-likeness (QED) is 0.727. The van der Waals surface area contributed by atoms with Crippen LogP contribution in [0, 0.1) is 0 Å². The van der Waals surface area contributed by atoms with Crippen molar-refractivity contribution in [1.29, 1.82) is 0 Å². The van der Waals surface area contributed by atoms with E-state index >= 15 is 0 Å². The number of anilines is 1. The van der Waals surface area contributed by atoms with Crippen LogP contribution in [0.25, 0.3) is 0 Å². The molecule has 27 heavy (non-hydrogen) atoms. The summed E-state index contributed by atoms with van der Waals surface area (Å²) in [7, 11) is 0. The molecule has 0 bridgehead atoms. The minimum absolute atomic E-state index is 0.00135. The number of phenolic OH excluding ortho intramolecular Hbond substituents is 1. The number of benzene rings is 1. The van der Waals surface area contributed by atoms with Gasteiger partial charge < -0.3 is 9.84 Å². The molecule has 1 amide bonds. The monoisotopic (exact) mass is 409 g/mol. The van der Waals surface area contributed by atoms with Crippen LogP contribution in [0.1, 0.15) is 34.6 Å². The smallest absolute Gasteiger partial charge is 0.460 e. The first kappa shape index (κ1) is 19.3. The van der Waals surface area contributed by atoms with Gasteiger partial charge in [0.2, 0.25) is 5.13 Å². The molecule has 2 N–H and O–H groups in total. The summed E-state index contributed by atoms with van der Waals surface area (Å²) in [6.07, 6.45) is -3.26. The zero-order valence-electron chi connectivity index (χ0n) is 13.4. The number of hydrogen-bond donors (Lipinski definition) is 2. The Morgan fingerprint density at radius 2 is 1.93 bits per heavy atom. The minimum Gasteiger partial charge on any atom is -0.504 e. The molecule has 1 heterocycles. The lowest BCUT2D eigenvalue weighted by atomic mass is 9.96. The summed E-state index contributed by atoms with van der Waals surface area (Å²) in [4.78, 5) is 12.2. The summed E-state index contributed by atoms with van der Waals surface area (Å²) in [5.41, 5.74) is 0.00135. The molecule has 2 aromatic rings. The van der Waals surface area contributed by atoms with Gasteiger partial charge in [-0.05, 0) is 37.5 Å². The van der Waals surface area contributed by atoms with Crippen LogP contribution >= 0.6 is 11.3 Å². The lowest BCUT2D eigenvalue weighted by Gasteiger charge is -2.26. The number of phenols is 1. The average Bonchev–Trinajstić information content (AvgIpc) is 3.00. The standard InChI is InChI=1S/C15H12F5N3O3S/c16-14(17,15(18,19)20)12-22-23-13(27-12)21-11(25)7-4-5-9(24)10(6-7)26-8-2-1-3-8/h4-6,8,24H,1-3H2,(H,21,23,25). The molecule has 1 aliphatic rings. The maximum absolute atomic E-state index is 13.2. The van der Waals surface area contributed by atoms with Gasteiger partial charge in [-0.25, -0.2) is 0 Å². The lowest BCUT2D eigenvalue weighted by Crippen LogP contribution is -2.33. The molecule has 1 saturated carbocycles. The van der Waals surface area contributed by atoms with Gasteiger partial charge in [0.05, 0.1) is 6.10 Å². The molecule has 0 radical (unpaired) electrons. The second-order valence-corrected chi connectivity index (χ2v) is 6.77. The van der Waals surface area contributed by atoms with E-state index in [4.69, 9.17) is 4.74 Å². The maximum atomic E-state index is 13.2. The molecule has 1 fully saturated rings. The third kappa shape index (κ3) is 3.94. The van der Waals surface area contributed by atoms with Crippen molar-refractivity contribution in [2.45, 2.75) is 37.5 Å². The average molecular weight is 409 g/mol. The van der Waals surface area contributed by atoms with E-state index in [-0.39, 0.29) is 34.5 Å². The molecule has 1 aromatic heterocycles. The highest BCUT2D eigenvalue weighted by atomic mass is 32.1. The molecule has 0 saturated heterocycles. The molecule has 0 unspecified atom stereocenters. The normalized spacial score (nSPS) is 15.3. The molecule has 3 rings (SSSR count). The minimum atomic E-state index is -5.82. The first-order chi connectivity index (χ1) is 12.6. The van der Waals surface area contributed by atoms with Crippen molar-refractivity contribution in [1.82, 2.24) is 10.2 Å². The number of rotatable bonds is 5. The molecule has 0 aliphatic heterocycles. The van der Waals surface area contributed by atoms with E-state index in [9.17, 15) is 31.9 Å². The Morgan fingerprint density at radius 3 is 2.52 bits per heavy atom. The van der Waals surface area contributed by atoms with Crippen LogP contribution in [0.4, 0.5) is 27.1 Å². The fourth-order valence-corrected chi connectivity index (χ4v) is 2.84. The molecule has 12 heteroatoms.